The average Bonchev–Trinajstić information content (AvgIpc) is 2.96. The van der Waals surface area contributed by atoms with E-state index in [0.717, 1.165) is 9.87 Å². The highest BCUT2D eigenvalue weighted by Gasteiger charge is 2.33. The highest BCUT2D eigenvalue weighted by molar-refractivity contribution is 7.92. The molecule has 0 aliphatic heterocycles. The van der Waals surface area contributed by atoms with Crippen molar-refractivity contribution < 1.29 is 22.7 Å². The second kappa shape index (κ2) is 14.9. The van der Waals surface area contributed by atoms with Gasteiger partial charge in [-0.25, -0.2) is 8.42 Å². The van der Waals surface area contributed by atoms with Crippen LogP contribution in [0.1, 0.15) is 39.7 Å². The number of hydrogen-bond donors (Lipinski definition) is 1. The Kier molecular flexibility index (Phi) is 11.6. The molecule has 0 spiro atoms. The molecule has 8 nitrogen and oxygen atoms in total. The van der Waals surface area contributed by atoms with Gasteiger partial charge in [0.05, 0.1) is 17.2 Å². The van der Waals surface area contributed by atoms with Gasteiger partial charge in [-0.15, -0.1) is 0 Å². The van der Waals surface area contributed by atoms with Crippen molar-refractivity contribution in [3.63, 3.8) is 0 Å². The first kappa shape index (κ1) is 32.0. The van der Waals surface area contributed by atoms with Crippen molar-refractivity contribution in [3.8, 4) is 5.75 Å². The monoisotopic (exact) mass is 599 g/mol. The van der Waals surface area contributed by atoms with Crippen LogP contribution in [0.25, 0.3) is 0 Å². The highest BCUT2D eigenvalue weighted by atomic mass is 35.5. The minimum atomic E-state index is -4.15. The normalized spacial score (nSPS) is 12.0. The van der Waals surface area contributed by atoms with Crippen LogP contribution in [0.5, 0.6) is 5.75 Å². The fourth-order valence-corrected chi connectivity index (χ4v) is 5.79. The summed E-state index contributed by atoms with van der Waals surface area (Å²) < 4.78 is 34.4. The summed E-state index contributed by atoms with van der Waals surface area (Å²) in [6, 6.07) is 20.7. The van der Waals surface area contributed by atoms with Gasteiger partial charge in [0.2, 0.25) is 11.8 Å². The second-order valence-electron chi connectivity index (χ2n) is 9.96. The molecule has 10 heteroatoms. The molecule has 0 fully saturated rings. The zero-order valence-corrected chi connectivity index (χ0v) is 25.5. The molecule has 0 saturated carbocycles. The zero-order valence-electron chi connectivity index (χ0n) is 23.9. The van der Waals surface area contributed by atoms with Crippen LogP contribution in [-0.4, -0.2) is 50.9 Å². The summed E-state index contributed by atoms with van der Waals surface area (Å²) in [5.74, 6) is -0.0279. The Morgan fingerprint density at radius 1 is 0.927 bits per heavy atom. The topological polar surface area (TPSA) is 96.0 Å². The molecule has 2 amide bonds. The molecule has 0 saturated heterocycles. The number of sulfonamides is 1. The maximum absolute atomic E-state index is 14.1. The summed E-state index contributed by atoms with van der Waals surface area (Å²) in [7, 11) is -4.15. The first-order valence-electron chi connectivity index (χ1n) is 13.7. The Labute approximate surface area is 248 Å². The summed E-state index contributed by atoms with van der Waals surface area (Å²) in [5.41, 5.74) is 1.09. The molecule has 1 N–H and O–H groups in total. The summed E-state index contributed by atoms with van der Waals surface area (Å²) >= 11 is 6.07. The van der Waals surface area contributed by atoms with E-state index >= 15 is 0 Å². The van der Waals surface area contributed by atoms with E-state index in [4.69, 9.17) is 16.3 Å². The molecule has 0 bridgehead atoms. The molecular formula is C31H38ClN3O5S. The van der Waals surface area contributed by atoms with E-state index < -0.39 is 28.5 Å². The molecular weight excluding hydrogens is 562 g/mol. The van der Waals surface area contributed by atoms with Crippen LogP contribution in [0.2, 0.25) is 5.02 Å². The molecule has 0 aromatic heterocycles. The number of benzene rings is 3. The van der Waals surface area contributed by atoms with Crippen LogP contribution in [-0.2, 0) is 26.2 Å². The summed E-state index contributed by atoms with van der Waals surface area (Å²) in [6.07, 6.45) is 0.347. The second-order valence-corrected chi connectivity index (χ2v) is 12.3. The van der Waals surface area contributed by atoms with Gasteiger partial charge in [-0.1, -0.05) is 62.7 Å². The van der Waals surface area contributed by atoms with Gasteiger partial charge in [0, 0.05) is 18.1 Å². The lowest BCUT2D eigenvalue weighted by atomic mass is 10.1. The van der Waals surface area contributed by atoms with Crippen molar-refractivity contribution in [1.29, 1.82) is 0 Å². The number of anilines is 1. The van der Waals surface area contributed by atoms with Crippen molar-refractivity contribution >= 4 is 39.1 Å². The molecule has 220 valence electrons. The minimum absolute atomic E-state index is 0.0172. The van der Waals surface area contributed by atoms with Gasteiger partial charge in [0.25, 0.3) is 10.0 Å². The van der Waals surface area contributed by atoms with Crippen molar-refractivity contribution in [2.24, 2.45) is 5.92 Å². The van der Waals surface area contributed by atoms with Crippen LogP contribution in [0.3, 0.4) is 0 Å². The van der Waals surface area contributed by atoms with Crippen molar-refractivity contribution in [2.75, 3.05) is 24.0 Å². The summed E-state index contributed by atoms with van der Waals surface area (Å²) in [4.78, 5) is 28.8. The molecule has 3 rings (SSSR count). The maximum Gasteiger partial charge on any atom is 0.264 e. The maximum atomic E-state index is 14.1. The number of rotatable bonds is 14. The number of amides is 2. The third kappa shape index (κ3) is 8.71. The number of ether oxygens (including phenoxy) is 1. The third-order valence-electron chi connectivity index (χ3n) is 6.38. The van der Waals surface area contributed by atoms with Crippen molar-refractivity contribution in [1.82, 2.24) is 10.2 Å². The lowest BCUT2D eigenvalue weighted by Gasteiger charge is -2.33. The third-order valence-corrected chi connectivity index (χ3v) is 8.42. The summed E-state index contributed by atoms with van der Waals surface area (Å²) in [6.45, 7) is 8.16. The molecule has 41 heavy (non-hydrogen) atoms. The first-order chi connectivity index (χ1) is 19.6. The minimum Gasteiger partial charge on any atom is -0.494 e. The van der Waals surface area contributed by atoms with Crippen LogP contribution in [0.4, 0.5) is 5.69 Å². The molecule has 3 aromatic rings. The van der Waals surface area contributed by atoms with E-state index in [2.05, 4.69) is 5.32 Å². The lowest BCUT2D eigenvalue weighted by molar-refractivity contribution is -0.140. The lowest BCUT2D eigenvalue weighted by Crippen LogP contribution is -2.52. The molecule has 0 unspecified atom stereocenters. The van der Waals surface area contributed by atoms with Gasteiger partial charge in [-0.05, 0) is 73.4 Å². The predicted molar refractivity (Wildman–Crippen MR) is 163 cm³/mol. The largest absolute Gasteiger partial charge is 0.494 e. The van der Waals surface area contributed by atoms with Gasteiger partial charge >= 0.3 is 0 Å². The van der Waals surface area contributed by atoms with Gasteiger partial charge in [0.1, 0.15) is 18.3 Å². The van der Waals surface area contributed by atoms with Gasteiger partial charge in [-0.2, -0.15) is 0 Å². The van der Waals surface area contributed by atoms with Crippen LogP contribution in [0.15, 0.2) is 83.8 Å². The van der Waals surface area contributed by atoms with E-state index in [1.54, 1.807) is 66.7 Å². The number of hydrogen-bond acceptors (Lipinski definition) is 5. The molecule has 3 aromatic carbocycles. The Bertz CT molecular complexity index is 1380. The smallest absolute Gasteiger partial charge is 0.264 e. The number of nitrogens with zero attached hydrogens (tertiary/aromatic N) is 2. The quantitative estimate of drug-likeness (QED) is 0.263. The number of carbonyl (C=O) groups excluding carboxylic acids is 2. The highest BCUT2D eigenvalue weighted by Crippen LogP contribution is 2.26. The first-order valence-corrected chi connectivity index (χ1v) is 15.5. The molecule has 0 radical (unpaired) electrons. The Balaban J connectivity index is 2.00. The molecule has 0 aliphatic rings. The van der Waals surface area contributed by atoms with E-state index in [1.807, 2.05) is 27.7 Å². The van der Waals surface area contributed by atoms with Crippen LogP contribution >= 0.6 is 11.6 Å². The van der Waals surface area contributed by atoms with E-state index in [1.165, 1.54) is 17.0 Å². The van der Waals surface area contributed by atoms with E-state index in [0.29, 0.717) is 36.0 Å². The molecule has 0 heterocycles. The fraction of sp³-hybridized carbons (Fsp3) is 0.355. The van der Waals surface area contributed by atoms with Gasteiger partial charge in [-0.3, -0.25) is 13.9 Å². The average molecular weight is 600 g/mol. The van der Waals surface area contributed by atoms with Crippen LogP contribution in [0, 0.1) is 5.92 Å². The Morgan fingerprint density at radius 2 is 1.56 bits per heavy atom. The molecule has 0 aliphatic carbocycles. The Morgan fingerprint density at radius 3 is 2.12 bits per heavy atom. The number of para-hydroxylation sites is 1. The molecule has 1 atom stereocenters. The number of halogens is 1. The number of carbonyl (C=O) groups is 2. The fourth-order valence-electron chi connectivity index (χ4n) is 4.25. The van der Waals surface area contributed by atoms with Gasteiger partial charge < -0.3 is 15.0 Å². The number of nitrogens with one attached hydrogen (secondary N) is 1. The predicted octanol–water partition coefficient (Wildman–Crippen LogP) is 5.51. The standard InChI is InChI=1S/C31H38ClN3O5S/c1-5-29(31(37)33-20-23(3)4)34(21-24-12-14-25(32)15-13-24)30(36)22-35(26-10-8-7-9-11-26)41(38,39)28-18-16-27(17-19-28)40-6-2/h7-19,23,29H,5-6,20-22H2,1-4H3,(H,33,37)/t29-/m1/s1. The zero-order chi connectivity index (χ0) is 30.0. The Hall–Kier alpha value is -3.56. The van der Waals surface area contributed by atoms with Crippen molar-refractivity contribution in [3.05, 3.63) is 89.4 Å². The van der Waals surface area contributed by atoms with E-state index in [-0.39, 0.29) is 23.3 Å². The summed E-state index contributed by atoms with van der Waals surface area (Å²) in [5, 5.41) is 3.47. The van der Waals surface area contributed by atoms with Gasteiger partial charge in [0.15, 0.2) is 0 Å². The van der Waals surface area contributed by atoms with E-state index in [9.17, 15) is 18.0 Å². The van der Waals surface area contributed by atoms with Crippen LogP contribution < -0.4 is 14.4 Å². The SMILES string of the molecule is CCOc1ccc(S(=O)(=O)N(CC(=O)N(Cc2ccc(Cl)cc2)[C@H](CC)C(=O)NCC(C)C)c2ccccc2)cc1. The van der Waals surface area contributed by atoms with Crippen molar-refractivity contribution in [2.45, 2.75) is 51.6 Å².